The van der Waals surface area contributed by atoms with Gasteiger partial charge < -0.3 is 19.2 Å². The lowest BCUT2D eigenvalue weighted by Gasteiger charge is -2.35. The standard InChI is InChI=1S/C25H30N2O4/c1-16-13-17(2)23-18(3)24(31-22(23)14-16)25(28)26-15-21(27-9-11-30-12-10-27)19-5-7-20(29-4)8-6-19/h5-8,13-14,21H,9-12,15H2,1-4H3,(H,26,28)/t21-/m1/s1. The van der Waals surface area contributed by atoms with Crippen molar-refractivity contribution in [2.75, 3.05) is 40.0 Å². The van der Waals surface area contributed by atoms with Crippen LogP contribution < -0.4 is 10.1 Å². The summed E-state index contributed by atoms with van der Waals surface area (Å²) in [6.45, 7) is 9.57. The second-order valence-electron chi connectivity index (χ2n) is 8.16. The summed E-state index contributed by atoms with van der Waals surface area (Å²) in [4.78, 5) is 15.4. The third-order valence-corrected chi connectivity index (χ3v) is 6.02. The zero-order chi connectivity index (χ0) is 22.0. The maximum absolute atomic E-state index is 13.1. The lowest BCUT2D eigenvalue weighted by atomic mass is 10.0. The van der Waals surface area contributed by atoms with E-state index in [9.17, 15) is 4.79 Å². The zero-order valence-electron chi connectivity index (χ0n) is 18.7. The Bertz CT molecular complexity index is 1070. The van der Waals surface area contributed by atoms with Crippen LogP contribution in [0.1, 0.15) is 38.9 Å². The van der Waals surface area contributed by atoms with Gasteiger partial charge in [-0.05, 0) is 55.7 Å². The van der Waals surface area contributed by atoms with Crippen LogP contribution in [0.5, 0.6) is 5.75 Å². The molecule has 2 heterocycles. The fraction of sp³-hybridized carbons (Fsp3) is 0.400. The lowest BCUT2D eigenvalue weighted by molar-refractivity contribution is 0.0161. The molecule has 0 saturated carbocycles. The molecule has 1 saturated heterocycles. The molecule has 4 rings (SSSR count). The average molecular weight is 423 g/mol. The van der Waals surface area contributed by atoms with Crippen LogP contribution in [0, 0.1) is 20.8 Å². The monoisotopic (exact) mass is 422 g/mol. The van der Waals surface area contributed by atoms with Gasteiger partial charge in [0.05, 0.1) is 26.4 Å². The summed E-state index contributed by atoms with van der Waals surface area (Å²) in [5.74, 6) is 1.02. The second kappa shape index (κ2) is 9.12. The molecule has 2 aromatic carbocycles. The molecule has 0 radical (unpaired) electrons. The van der Waals surface area contributed by atoms with Gasteiger partial charge in [-0.25, -0.2) is 0 Å². The minimum absolute atomic E-state index is 0.0485. The summed E-state index contributed by atoms with van der Waals surface area (Å²) < 4.78 is 16.8. The van der Waals surface area contributed by atoms with Crippen molar-refractivity contribution >= 4 is 16.9 Å². The smallest absolute Gasteiger partial charge is 0.287 e. The Hall–Kier alpha value is -2.83. The molecule has 1 N–H and O–H groups in total. The molecule has 31 heavy (non-hydrogen) atoms. The normalized spacial score (nSPS) is 15.7. The summed E-state index contributed by atoms with van der Waals surface area (Å²) in [6, 6.07) is 12.2. The van der Waals surface area contributed by atoms with E-state index in [1.807, 2.05) is 32.0 Å². The van der Waals surface area contributed by atoms with Crippen LogP contribution in [-0.2, 0) is 4.74 Å². The first-order chi connectivity index (χ1) is 15.0. The molecule has 0 unspecified atom stereocenters. The van der Waals surface area contributed by atoms with Crippen LogP contribution in [0.3, 0.4) is 0 Å². The van der Waals surface area contributed by atoms with E-state index in [0.29, 0.717) is 25.5 Å². The first kappa shape index (κ1) is 21.4. The van der Waals surface area contributed by atoms with Crippen LogP contribution >= 0.6 is 0 Å². The quantitative estimate of drug-likeness (QED) is 0.646. The predicted molar refractivity (Wildman–Crippen MR) is 121 cm³/mol. The van der Waals surface area contributed by atoms with Crippen LogP contribution in [0.2, 0.25) is 0 Å². The van der Waals surface area contributed by atoms with Crippen LogP contribution in [0.15, 0.2) is 40.8 Å². The van der Waals surface area contributed by atoms with Crippen molar-refractivity contribution in [3.8, 4) is 5.75 Å². The fourth-order valence-corrected chi connectivity index (χ4v) is 4.45. The number of benzene rings is 2. The van der Waals surface area contributed by atoms with Gasteiger partial charge in [-0.2, -0.15) is 0 Å². The number of rotatable bonds is 6. The second-order valence-corrected chi connectivity index (χ2v) is 8.16. The summed E-state index contributed by atoms with van der Waals surface area (Å²) in [5.41, 5.74) is 5.03. The average Bonchev–Trinajstić information content (AvgIpc) is 3.11. The van der Waals surface area contributed by atoms with E-state index in [-0.39, 0.29) is 11.9 Å². The summed E-state index contributed by atoms with van der Waals surface area (Å²) in [7, 11) is 1.66. The zero-order valence-corrected chi connectivity index (χ0v) is 18.7. The number of nitrogens with one attached hydrogen (secondary N) is 1. The predicted octanol–water partition coefficient (Wildman–Crippen LogP) is 4.17. The number of morpholine rings is 1. The van der Waals surface area contributed by atoms with Crippen molar-refractivity contribution in [1.82, 2.24) is 10.2 Å². The van der Waals surface area contributed by atoms with Crippen molar-refractivity contribution in [3.63, 3.8) is 0 Å². The maximum Gasteiger partial charge on any atom is 0.287 e. The van der Waals surface area contributed by atoms with E-state index < -0.39 is 0 Å². The molecule has 0 spiro atoms. The third-order valence-electron chi connectivity index (χ3n) is 6.02. The molecule has 1 amide bonds. The molecule has 1 fully saturated rings. The fourth-order valence-electron chi connectivity index (χ4n) is 4.45. The first-order valence-electron chi connectivity index (χ1n) is 10.7. The van der Waals surface area contributed by atoms with Crippen molar-refractivity contribution < 1.29 is 18.7 Å². The lowest BCUT2D eigenvalue weighted by Crippen LogP contribution is -2.43. The Kier molecular flexibility index (Phi) is 6.30. The van der Waals surface area contributed by atoms with Crippen molar-refractivity contribution in [1.29, 1.82) is 0 Å². The number of methoxy groups -OCH3 is 1. The van der Waals surface area contributed by atoms with Gasteiger partial charge in [-0.15, -0.1) is 0 Å². The Morgan fingerprint density at radius 3 is 2.52 bits per heavy atom. The van der Waals surface area contributed by atoms with E-state index in [1.165, 1.54) is 0 Å². The minimum Gasteiger partial charge on any atom is -0.497 e. The number of aryl methyl sites for hydroxylation is 3. The molecule has 1 atom stereocenters. The number of hydrogen-bond donors (Lipinski definition) is 1. The molecular formula is C25H30N2O4. The Morgan fingerprint density at radius 2 is 1.84 bits per heavy atom. The number of carbonyl (C=O) groups excluding carboxylic acids is 1. The third kappa shape index (κ3) is 4.45. The molecular weight excluding hydrogens is 392 g/mol. The van der Waals surface area contributed by atoms with E-state index in [2.05, 4.69) is 35.3 Å². The number of nitrogens with zero attached hydrogens (tertiary/aromatic N) is 1. The van der Waals surface area contributed by atoms with Crippen molar-refractivity contribution in [3.05, 3.63) is 64.4 Å². The number of amides is 1. The maximum atomic E-state index is 13.1. The highest BCUT2D eigenvalue weighted by Crippen LogP contribution is 2.30. The number of furan rings is 1. The summed E-state index contributed by atoms with van der Waals surface area (Å²) in [5, 5.41) is 4.14. The Morgan fingerprint density at radius 1 is 1.13 bits per heavy atom. The van der Waals surface area contributed by atoms with Gasteiger partial charge in [0, 0.05) is 30.6 Å². The molecule has 6 nitrogen and oxygen atoms in total. The van der Waals surface area contributed by atoms with Gasteiger partial charge in [0.25, 0.3) is 5.91 Å². The SMILES string of the molecule is COc1ccc([C@@H](CNC(=O)c2oc3cc(C)cc(C)c3c2C)N2CCOCC2)cc1. The highest BCUT2D eigenvalue weighted by Gasteiger charge is 2.25. The number of hydrogen-bond acceptors (Lipinski definition) is 5. The number of fused-ring (bicyclic) bond motifs is 1. The molecule has 6 heteroatoms. The van der Waals surface area contributed by atoms with Gasteiger partial charge in [0.15, 0.2) is 5.76 Å². The van der Waals surface area contributed by atoms with E-state index in [0.717, 1.165) is 52.1 Å². The molecule has 1 aromatic heterocycles. The molecule has 3 aromatic rings. The van der Waals surface area contributed by atoms with Gasteiger partial charge in [-0.3, -0.25) is 9.69 Å². The number of ether oxygens (including phenoxy) is 2. The summed E-state index contributed by atoms with van der Waals surface area (Å²) in [6.07, 6.45) is 0. The Balaban J connectivity index is 1.56. The highest BCUT2D eigenvalue weighted by molar-refractivity contribution is 6.00. The van der Waals surface area contributed by atoms with Gasteiger partial charge in [0.2, 0.25) is 0 Å². The topological polar surface area (TPSA) is 63.9 Å². The van der Waals surface area contributed by atoms with E-state index in [1.54, 1.807) is 7.11 Å². The van der Waals surface area contributed by atoms with Crippen LogP contribution in [0.4, 0.5) is 0 Å². The first-order valence-corrected chi connectivity index (χ1v) is 10.7. The van der Waals surface area contributed by atoms with Crippen molar-refractivity contribution in [2.24, 2.45) is 0 Å². The highest BCUT2D eigenvalue weighted by atomic mass is 16.5. The van der Waals surface area contributed by atoms with E-state index in [4.69, 9.17) is 13.9 Å². The minimum atomic E-state index is -0.183. The van der Waals surface area contributed by atoms with Crippen molar-refractivity contribution in [2.45, 2.75) is 26.8 Å². The van der Waals surface area contributed by atoms with E-state index >= 15 is 0 Å². The molecule has 1 aliphatic heterocycles. The van der Waals surface area contributed by atoms with Crippen LogP contribution in [-0.4, -0.2) is 50.8 Å². The largest absolute Gasteiger partial charge is 0.497 e. The van der Waals surface area contributed by atoms with Gasteiger partial charge in [0.1, 0.15) is 11.3 Å². The molecule has 1 aliphatic rings. The molecule has 0 aliphatic carbocycles. The van der Waals surface area contributed by atoms with Gasteiger partial charge in [-0.1, -0.05) is 18.2 Å². The van der Waals surface area contributed by atoms with Gasteiger partial charge >= 0.3 is 0 Å². The molecule has 164 valence electrons. The Labute approximate surface area is 183 Å². The summed E-state index contributed by atoms with van der Waals surface area (Å²) >= 11 is 0. The molecule has 0 bridgehead atoms. The van der Waals surface area contributed by atoms with Crippen LogP contribution in [0.25, 0.3) is 11.0 Å². The number of carbonyl (C=O) groups is 1.